The van der Waals surface area contributed by atoms with Crippen LogP contribution in [0.3, 0.4) is 0 Å². The van der Waals surface area contributed by atoms with Crippen molar-refractivity contribution in [2.24, 2.45) is 5.10 Å². The van der Waals surface area contributed by atoms with Crippen LogP contribution < -0.4 is 14.9 Å². The van der Waals surface area contributed by atoms with E-state index in [-0.39, 0.29) is 0 Å². The average molecular weight is 564 g/mol. The van der Waals surface area contributed by atoms with Gasteiger partial charge in [-0.3, -0.25) is 4.79 Å². The SMILES string of the molecule is CC[C@H](Oc1ccc(Cl)cc1Cl)C(=O)N/N=C\c1cc(Br)ccc1OC(=O)c1ccc(C)cc1. The first kappa shape index (κ1) is 25.7. The zero-order valence-electron chi connectivity index (χ0n) is 18.3. The first-order valence-corrected chi connectivity index (χ1v) is 11.8. The van der Waals surface area contributed by atoms with Crippen LogP contribution in [0.15, 0.2) is 70.2 Å². The normalized spacial score (nSPS) is 11.8. The van der Waals surface area contributed by atoms with Gasteiger partial charge >= 0.3 is 5.97 Å². The quantitative estimate of drug-likeness (QED) is 0.145. The van der Waals surface area contributed by atoms with Gasteiger partial charge in [-0.05, 0) is 61.9 Å². The average Bonchev–Trinajstić information content (AvgIpc) is 2.80. The molecule has 3 aromatic carbocycles. The lowest BCUT2D eigenvalue weighted by atomic mass is 10.1. The van der Waals surface area contributed by atoms with Gasteiger partial charge in [0.15, 0.2) is 6.10 Å². The number of amides is 1. The molecular weight excluding hydrogens is 543 g/mol. The van der Waals surface area contributed by atoms with E-state index in [1.54, 1.807) is 49.4 Å². The fourth-order valence-electron chi connectivity index (χ4n) is 2.85. The molecule has 34 heavy (non-hydrogen) atoms. The summed E-state index contributed by atoms with van der Waals surface area (Å²) in [6.45, 7) is 3.74. The van der Waals surface area contributed by atoms with Crippen LogP contribution in [-0.4, -0.2) is 24.2 Å². The highest BCUT2D eigenvalue weighted by Gasteiger charge is 2.19. The molecule has 0 spiro atoms. The maximum atomic E-state index is 12.6. The molecule has 0 aliphatic rings. The third kappa shape index (κ3) is 7.06. The van der Waals surface area contributed by atoms with Gasteiger partial charge < -0.3 is 9.47 Å². The third-order valence-electron chi connectivity index (χ3n) is 4.67. The van der Waals surface area contributed by atoms with E-state index in [9.17, 15) is 9.59 Å². The van der Waals surface area contributed by atoms with Crippen LogP contribution in [0, 0.1) is 6.92 Å². The van der Waals surface area contributed by atoms with Gasteiger partial charge in [-0.25, -0.2) is 10.2 Å². The predicted octanol–water partition coefficient (Wildman–Crippen LogP) is 6.59. The van der Waals surface area contributed by atoms with Crippen LogP contribution in [0.1, 0.15) is 34.8 Å². The van der Waals surface area contributed by atoms with E-state index in [2.05, 4.69) is 26.5 Å². The molecule has 0 radical (unpaired) electrons. The Bertz CT molecular complexity index is 1220. The van der Waals surface area contributed by atoms with Crippen molar-refractivity contribution in [2.75, 3.05) is 0 Å². The van der Waals surface area contributed by atoms with Gasteiger partial charge in [0.05, 0.1) is 16.8 Å². The largest absolute Gasteiger partial charge is 0.479 e. The third-order valence-corrected chi connectivity index (χ3v) is 5.69. The fraction of sp³-hybridized carbons (Fsp3) is 0.160. The Morgan fingerprint density at radius 3 is 2.44 bits per heavy atom. The van der Waals surface area contributed by atoms with E-state index in [0.29, 0.717) is 39.1 Å². The maximum Gasteiger partial charge on any atom is 0.343 e. The standard InChI is InChI=1S/C25H21BrCl2N2O4/c1-3-21(33-23-11-9-19(27)13-20(23)28)24(31)30-29-14-17-12-18(26)8-10-22(17)34-25(32)16-6-4-15(2)5-7-16/h4-14,21H,3H2,1-2H3,(H,30,31)/b29-14-/t21-/m0/s1. The van der Waals surface area contributed by atoms with Crippen LogP contribution in [0.25, 0.3) is 0 Å². The Balaban J connectivity index is 1.69. The summed E-state index contributed by atoms with van der Waals surface area (Å²) < 4.78 is 12.0. The lowest BCUT2D eigenvalue weighted by molar-refractivity contribution is -0.128. The summed E-state index contributed by atoms with van der Waals surface area (Å²) in [6.07, 6.45) is 0.955. The number of benzene rings is 3. The molecule has 0 aliphatic carbocycles. The Hall–Kier alpha value is -2.87. The zero-order valence-corrected chi connectivity index (χ0v) is 21.4. The molecule has 3 aromatic rings. The molecule has 0 bridgehead atoms. The molecule has 1 N–H and O–H groups in total. The molecule has 9 heteroatoms. The van der Waals surface area contributed by atoms with Crippen LogP contribution in [0.4, 0.5) is 0 Å². The van der Waals surface area contributed by atoms with Gasteiger partial charge in [0.1, 0.15) is 11.5 Å². The molecule has 0 heterocycles. The van der Waals surface area contributed by atoms with Crippen LogP contribution >= 0.6 is 39.1 Å². The molecule has 1 atom stereocenters. The highest BCUT2D eigenvalue weighted by Crippen LogP contribution is 2.29. The summed E-state index contributed by atoms with van der Waals surface area (Å²) in [4.78, 5) is 25.1. The van der Waals surface area contributed by atoms with Crippen molar-refractivity contribution in [3.63, 3.8) is 0 Å². The summed E-state index contributed by atoms with van der Waals surface area (Å²) >= 11 is 15.4. The molecule has 0 aromatic heterocycles. The number of halogens is 3. The van der Waals surface area contributed by atoms with Gasteiger partial charge in [-0.1, -0.05) is 63.8 Å². The van der Waals surface area contributed by atoms with Crippen molar-refractivity contribution in [3.05, 3.63) is 91.9 Å². The summed E-state index contributed by atoms with van der Waals surface area (Å²) in [5.74, 6) is -0.324. The number of hydrazone groups is 1. The Morgan fingerprint density at radius 2 is 1.76 bits per heavy atom. The monoisotopic (exact) mass is 562 g/mol. The smallest absolute Gasteiger partial charge is 0.343 e. The van der Waals surface area contributed by atoms with E-state index in [4.69, 9.17) is 32.7 Å². The van der Waals surface area contributed by atoms with E-state index in [1.807, 2.05) is 19.1 Å². The molecule has 0 aliphatic heterocycles. The van der Waals surface area contributed by atoms with Crippen molar-refractivity contribution in [2.45, 2.75) is 26.4 Å². The Labute approximate surface area is 216 Å². The van der Waals surface area contributed by atoms with Crippen molar-refractivity contribution in [1.82, 2.24) is 5.43 Å². The van der Waals surface area contributed by atoms with Gasteiger partial charge in [0, 0.05) is 15.1 Å². The Kier molecular flexibility index (Phi) is 9.10. The zero-order chi connectivity index (χ0) is 24.7. The molecule has 3 rings (SSSR count). The number of esters is 1. The van der Waals surface area contributed by atoms with Crippen molar-refractivity contribution >= 4 is 57.2 Å². The highest BCUT2D eigenvalue weighted by atomic mass is 79.9. The van der Waals surface area contributed by atoms with E-state index in [1.165, 1.54) is 12.3 Å². The number of carbonyl (C=O) groups excluding carboxylic acids is 2. The second kappa shape index (κ2) is 12.0. The van der Waals surface area contributed by atoms with Crippen LogP contribution in [-0.2, 0) is 4.79 Å². The minimum atomic E-state index is -0.822. The summed E-state index contributed by atoms with van der Waals surface area (Å²) in [7, 11) is 0. The van der Waals surface area contributed by atoms with Crippen molar-refractivity contribution in [1.29, 1.82) is 0 Å². The number of rotatable bonds is 8. The molecule has 176 valence electrons. The summed E-state index contributed by atoms with van der Waals surface area (Å²) in [5, 5.41) is 4.78. The van der Waals surface area contributed by atoms with Gasteiger partial charge in [-0.15, -0.1) is 0 Å². The minimum Gasteiger partial charge on any atom is -0.479 e. The second-order valence-corrected chi connectivity index (χ2v) is 9.02. The first-order valence-electron chi connectivity index (χ1n) is 10.3. The Morgan fingerprint density at radius 1 is 1.06 bits per heavy atom. The molecule has 1 amide bonds. The van der Waals surface area contributed by atoms with E-state index < -0.39 is 18.0 Å². The van der Waals surface area contributed by atoms with Gasteiger partial charge in [0.25, 0.3) is 5.91 Å². The molecule has 0 saturated heterocycles. The predicted molar refractivity (Wildman–Crippen MR) is 137 cm³/mol. The number of hydrogen-bond acceptors (Lipinski definition) is 5. The van der Waals surface area contributed by atoms with E-state index >= 15 is 0 Å². The summed E-state index contributed by atoms with van der Waals surface area (Å²) in [6, 6.07) is 16.9. The minimum absolute atomic E-state index is 0.294. The molecular formula is C25H21BrCl2N2O4. The molecule has 0 saturated carbocycles. The van der Waals surface area contributed by atoms with Crippen LogP contribution in [0.2, 0.25) is 10.0 Å². The van der Waals surface area contributed by atoms with Crippen molar-refractivity contribution in [3.8, 4) is 11.5 Å². The van der Waals surface area contributed by atoms with E-state index in [0.717, 1.165) is 10.0 Å². The second-order valence-electron chi connectivity index (χ2n) is 7.26. The molecule has 0 fully saturated rings. The van der Waals surface area contributed by atoms with Crippen molar-refractivity contribution < 1.29 is 19.1 Å². The lowest BCUT2D eigenvalue weighted by Gasteiger charge is -2.16. The number of hydrogen-bond donors (Lipinski definition) is 1. The number of nitrogens with zero attached hydrogens (tertiary/aromatic N) is 1. The maximum absolute atomic E-state index is 12.6. The van der Waals surface area contributed by atoms with Gasteiger partial charge in [-0.2, -0.15) is 5.10 Å². The number of aryl methyl sites for hydroxylation is 1. The highest BCUT2D eigenvalue weighted by molar-refractivity contribution is 9.10. The number of ether oxygens (including phenoxy) is 2. The first-order chi connectivity index (χ1) is 16.3. The summed E-state index contributed by atoms with van der Waals surface area (Å²) in [5.41, 5.74) is 4.41. The molecule has 0 unspecified atom stereocenters. The van der Waals surface area contributed by atoms with Crippen LogP contribution in [0.5, 0.6) is 11.5 Å². The topological polar surface area (TPSA) is 77.0 Å². The fourth-order valence-corrected chi connectivity index (χ4v) is 3.68. The molecule has 6 nitrogen and oxygen atoms in total. The number of nitrogens with one attached hydrogen (secondary N) is 1. The number of carbonyl (C=O) groups is 2. The van der Waals surface area contributed by atoms with Gasteiger partial charge in [0.2, 0.25) is 0 Å². The lowest BCUT2D eigenvalue weighted by Crippen LogP contribution is -2.35.